The minimum Gasteiger partial charge on any atom is -0.389 e. The van der Waals surface area contributed by atoms with Gasteiger partial charge in [0.05, 0.1) is 12.1 Å². The van der Waals surface area contributed by atoms with Gasteiger partial charge in [-0.1, -0.05) is 32.1 Å². The van der Waals surface area contributed by atoms with Crippen molar-refractivity contribution in [3.63, 3.8) is 0 Å². The Hall–Kier alpha value is -2.35. The van der Waals surface area contributed by atoms with Gasteiger partial charge in [0.1, 0.15) is 11.9 Å². The Morgan fingerprint density at radius 1 is 1.39 bits per heavy atom. The van der Waals surface area contributed by atoms with Gasteiger partial charge >= 0.3 is 0 Å². The highest BCUT2D eigenvalue weighted by atomic mass is 16.3. The fourth-order valence-corrected chi connectivity index (χ4v) is 4.04. The van der Waals surface area contributed by atoms with Crippen molar-refractivity contribution in [3.8, 4) is 0 Å². The Balaban J connectivity index is 2.04. The van der Waals surface area contributed by atoms with Crippen molar-refractivity contribution in [3.05, 3.63) is 24.0 Å². The zero-order valence-corrected chi connectivity index (χ0v) is 19.4. The molecule has 31 heavy (non-hydrogen) atoms. The fourth-order valence-electron chi connectivity index (χ4n) is 4.04. The standard InChI is InChI=1S/C23H39N5O3/c1-5-27(4)18-14-21(29)28(15-18)19(13-17-9-7-6-8-10-17)22(30)26-20(24)11-12-25-16-23(2,3)31/h11-12,14,17,19,25,31H,5-10,13,15-16H2,1-4H3,(H2,24,26,30)/b12-11-/t19-/m0/s1. The molecular weight excluding hydrogens is 394 g/mol. The van der Waals surface area contributed by atoms with Gasteiger partial charge in [-0.05, 0) is 39.2 Å². The van der Waals surface area contributed by atoms with Gasteiger partial charge in [0.25, 0.3) is 0 Å². The van der Waals surface area contributed by atoms with Gasteiger partial charge in [0.2, 0.25) is 11.8 Å². The second-order valence-corrected chi connectivity index (χ2v) is 9.30. The number of hydrogen-bond donors (Lipinski definition) is 4. The first-order chi connectivity index (χ1) is 14.6. The summed E-state index contributed by atoms with van der Waals surface area (Å²) in [5.41, 5.74) is 0.0487. The molecule has 1 atom stereocenters. The van der Waals surface area contributed by atoms with E-state index >= 15 is 0 Å². The maximum Gasteiger partial charge on any atom is 0.249 e. The van der Waals surface area contributed by atoms with Crippen molar-refractivity contribution in [1.29, 1.82) is 5.41 Å². The Kier molecular flexibility index (Phi) is 9.10. The Morgan fingerprint density at radius 2 is 2.06 bits per heavy atom. The van der Waals surface area contributed by atoms with Crippen LogP contribution in [0.4, 0.5) is 0 Å². The molecule has 0 aromatic rings. The molecule has 0 bridgehead atoms. The van der Waals surface area contributed by atoms with Gasteiger partial charge in [-0.25, -0.2) is 0 Å². The minimum atomic E-state index is -0.868. The molecule has 1 saturated carbocycles. The zero-order valence-electron chi connectivity index (χ0n) is 19.4. The molecule has 0 aromatic carbocycles. The molecule has 1 aliphatic carbocycles. The largest absolute Gasteiger partial charge is 0.389 e. The molecule has 0 spiro atoms. The van der Waals surface area contributed by atoms with Crippen LogP contribution in [0.25, 0.3) is 0 Å². The lowest BCUT2D eigenvalue weighted by molar-refractivity contribution is -0.135. The summed E-state index contributed by atoms with van der Waals surface area (Å²) >= 11 is 0. The SMILES string of the molecule is CCN(C)C1=CC(=O)N([C@@H](CC2CCCCC2)C(=O)NC(=N)/C=C\NCC(C)(C)O)C1. The van der Waals surface area contributed by atoms with Crippen molar-refractivity contribution in [2.45, 2.75) is 70.9 Å². The van der Waals surface area contributed by atoms with Crippen LogP contribution in [-0.4, -0.2) is 70.9 Å². The molecule has 0 saturated heterocycles. The smallest absolute Gasteiger partial charge is 0.249 e. The first-order valence-electron chi connectivity index (χ1n) is 11.3. The Morgan fingerprint density at radius 3 is 2.68 bits per heavy atom. The van der Waals surface area contributed by atoms with E-state index in [-0.39, 0.29) is 17.6 Å². The third-order valence-corrected chi connectivity index (χ3v) is 5.99. The van der Waals surface area contributed by atoms with Gasteiger partial charge in [0, 0.05) is 38.1 Å². The fraction of sp³-hybridized carbons (Fsp3) is 0.696. The molecule has 1 aliphatic heterocycles. The number of hydrogen-bond acceptors (Lipinski definition) is 6. The maximum absolute atomic E-state index is 13.1. The first kappa shape index (κ1) is 24.9. The molecule has 1 heterocycles. The summed E-state index contributed by atoms with van der Waals surface area (Å²) in [6, 6.07) is -0.590. The van der Waals surface area contributed by atoms with Crippen molar-refractivity contribution in [2.24, 2.45) is 5.92 Å². The molecule has 2 amide bonds. The van der Waals surface area contributed by atoms with Crippen LogP contribution < -0.4 is 10.6 Å². The Labute approximate surface area is 186 Å². The average Bonchev–Trinajstić information content (AvgIpc) is 3.10. The van der Waals surface area contributed by atoms with Gasteiger partial charge in [-0.3, -0.25) is 15.0 Å². The number of likely N-dealkylation sites (N-methyl/N-ethyl adjacent to an activating group) is 1. The molecule has 174 valence electrons. The van der Waals surface area contributed by atoms with E-state index in [1.165, 1.54) is 31.5 Å². The van der Waals surface area contributed by atoms with Crippen LogP contribution in [0.1, 0.15) is 59.3 Å². The summed E-state index contributed by atoms with van der Waals surface area (Å²) in [5, 5.41) is 23.4. The van der Waals surface area contributed by atoms with Crippen LogP contribution in [0.15, 0.2) is 24.0 Å². The van der Waals surface area contributed by atoms with Crippen molar-refractivity contribution >= 4 is 17.6 Å². The molecular formula is C23H39N5O3. The number of carbonyl (C=O) groups is 2. The number of carbonyl (C=O) groups excluding carboxylic acids is 2. The summed E-state index contributed by atoms with van der Waals surface area (Å²) in [6.07, 6.45) is 11.0. The number of nitrogens with one attached hydrogen (secondary N) is 3. The van der Waals surface area contributed by atoms with E-state index < -0.39 is 11.6 Å². The molecule has 2 rings (SSSR count). The average molecular weight is 434 g/mol. The van der Waals surface area contributed by atoms with Crippen LogP contribution >= 0.6 is 0 Å². The van der Waals surface area contributed by atoms with E-state index in [0.29, 0.717) is 25.4 Å². The number of aliphatic hydroxyl groups is 1. The highest BCUT2D eigenvalue weighted by molar-refractivity contribution is 6.05. The van der Waals surface area contributed by atoms with E-state index in [9.17, 15) is 14.7 Å². The predicted molar refractivity (Wildman–Crippen MR) is 122 cm³/mol. The van der Waals surface area contributed by atoms with Crippen molar-refractivity contribution < 1.29 is 14.7 Å². The lowest BCUT2D eigenvalue weighted by Gasteiger charge is -2.32. The molecule has 8 heteroatoms. The van der Waals surface area contributed by atoms with Gasteiger partial charge < -0.3 is 25.5 Å². The normalized spacial score (nSPS) is 18.8. The predicted octanol–water partition coefficient (Wildman–Crippen LogP) is 1.97. The van der Waals surface area contributed by atoms with Crippen LogP contribution in [0.3, 0.4) is 0 Å². The quantitative estimate of drug-likeness (QED) is 0.311. The molecule has 8 nitrogen and oxygen atoms in total. The second kappa shape index (κ2) is 11.3. The van der Waals surface area contributed by atoms with Crippen molar-refractivity contribution in [1.82, 2.24) is 20.4 Å². The lowest BCUT2D eigenvalue weighted by atomic mass is 9.84. The van der Waals surface area contributed by atoms with Crippen molar-refractivity contribution in [2.75, 3.05) is 26.7 Å². The monoisotopic (exact) mass is 433 g/mol. The highest BCUT2D eigenvalue weighted by Crippen LogP contribution is 2.30. The van der Waals surface area contributed by atoms with Crippen LogP contribution in [-0.2, 0) is 9.59 Å². The molecule has 4 N–H and O–H groups in total. The summed E-state index contributed by atoms with van der Waals surface area (Å²) in [7, 11) is 1.94. The Bertz CT molecular complexity index is 704. The van der Waals surface area contributed by atoms with Gasteiger partial charge in [-0.2, -0.15) is 0 Å². The van der Waals surface area contributed by atoms with Gasteiger partial charge in [0.15, 0.2) is 0 Å². The molecule has 1 fully saturated rings. The third kappa shape index (κ3) is 8.01. The van der Waals surface area contributed by atoms with Gasteiger partial charge in [-0.15, -0.1) is 0 Å². The van der Waals surface area contributed by atoms with Crippen LogP contribution in [0.5, 0.6) is 0 Å². The summed E-state index contributed by atoms with van der Waals surface area (Å²) in [6.45, 7) is 6.94. The third-order valence-electron chi connectivity index (χ3n) is 5.99. The molecule has 2 aliphatic rings. The van der Waals surface area contributed by atoms with E-state index in [1.54, 1.807) is 24.8 Å². The molecule has 0 unspecified atom stereocenters. The topological polar surface area (TPSA) is 109 Å². The summed E-state index contributed by atoms with van der Waals surface area (Å²) in [4.78, 5) is 29.5. The molecule has 0 radical (unpaired) electrons. The highest BCUT2D eigenvalue weighted by Gasteiger charge is 2.36. The maximum atomic E-state index is 13.1. The lowest BCUT2D eigenvalue weighted by Crippen LogP contribution is -2.50. The van der Waals surface area contributed by atoms with Crippen LogP contribution in [0, 0.1) is 11.3 Å². The molecule has 0 aromatic heterocycles. The number of amides is 2. The van der Waals surface area contributed by atoms with E-state index in [4.69, 9.17) is 5.41 Å². The van der Waals surface area contributed by atoms with E-state index in [2.05, 4.69) is 10.6 Å². The summed E-state index contributed by atoms with van der Waals surface area (Å²) in [5.74, 6) is -0.0825. The second-order valence-electron chi connectivity index (χ2n) is 9.30. The number of nitrogens with zero attached hydrogens (tertiary/aromatic N) is 2. The number of rotatable bonds is 10. The summed E-state index contributed by atoms with van der Waals surface area (Å²) < 4.78 is 0. The zero-order chi connectivity index (χ0) is 23.0. The minimum absolute atomic E-state index is 0.0487. The number of amidine groups is 1. The van der Waals surface area contributed by atoms with E-state index in [1.807, 2.05) is 18.9 Å². The van der Waals surface area contributed by atoms with Crippen LogP contribution in [0.2, 0.25) is 0 Å². The van der Waals surface area contributed by atoms with E-state index in [0.717, 1.165) is 25.1 Å². The first-order valence-corrected chi connectivity index (χ1v) is 11.3.